The molecular weight excluding hydrogens is 496 g/mol. The van der Waals surface area contributed by atoms with Crippen LogP contribution >= 0.6 is 11.6 Å². The summed E-state index contributed by atoms with van der Waals surface area (Å²) in [5.74, 6) is -0.661. The number of carboxylic acid groups (broad SMARTS) is 1. The van der Waals surface area contributed by atoms with Gasteiger partial charge < -0.3 is 9.84 Å². The molecule has 3 atom stereocenters. The smallest absolute Gasteiger partial charge is 0.335 e. The molecule has 0 aliphatic carbocycles. The number of halogens is 1. The number of carbonyl (C=O) groups is 1. The molecule has 0 radical (unpaired) electrons. The van der Waals surface area contributed by atoms with Gasteiger partial charge in [0, 0.05) is 6.54 Å². The Balaban J connectivity index is 2.23. The molecule has 184 valence electrons. The Morgan fingerprint density at radius 1 is 1.15 bits per heavy atom. The number of aromatic carboxylic acids is 1. The second kappa shape index (κ2) is 14.0. The van der Waals surface area contributed by atoms with Crippen molar-refractivity contribution in [2.24, 2.45) is 4.99 Å². The molecule has 2 aromatic rings. The quantitative estimate of drug-likeness (QED) is 0.243. The molecule has 7 nitrogen and oxygen atoms in total. The van der Waals surface area contributed by atoms with Crippen molar-refractivity contribution in [2.75, 3.05) is 12.5 Å². The fourth-order valence-electron chi connectivity index (χ4n) is 3.07. The van der Waals surface area contributed by atoms with Crippen LogP contribution in [-0.2, 0) is 34.0 Å². The summed E-state index contributed by atoms with van der Waals surface area (Å²) < 4.78 is 34.6. The second-order valence-electron chi connectivity index (χ2n) is 7.16. The van der Waals surface area contributed by atoms with Gasteiger partial charge in [0.1, 0.15) is 10.8 Å². The molecule has 0 bridgehead atoms. The van der Waals surface area contributed by atoms with Gasteiger partial charge in [-0.05, 0) is 49.6 Å². The summed E-state index contributed by atoms with van der Waals surface area (Å²) in [6, 6.07) is 13.9. The van der Waals surface area contributed by atoms with Crippen molar-refractivity contribution < 1.29 is 23.1 Å². The number of benzene rings is 2. The highest BCUT2D eigenvalue weighted by atomic mass is 35.5. The number of carboxylic acids is 1. The maximum absolute atomic E-state index is 13.3. The van der Waals surface area contributed by atoms with Crippen LogP contribution in [0, 0.1) is 0 Å². The van der Waals surface area contributed by atoms with E-state index in [2.05, 4.69) is 9.71 Å². The Morgan fingerprint density at radius 2 is 1.79 bits per heavy atom. The molecule has 0 aromatic heterocycles. The van der Waals surface area contributed by atoms with Gasteiger partial charge in [-0.15, -0.1) is 11.6 Å². The summed E-state index contributed by atoms with van der Waals surface area (Å²) in [7, 11) is -3.41. The van der Waals surface area contributed by atoms with E-state index in [1.54, 1.807) is 38.1 Å². The number of hydrogen-bond donors (Lipinski definition) is 2. The lowest BCUT2D eigenvalue weighted by molar-refractivity contribution is 0.0696. The Bertz CT molecular complexity index is 1100. The lowest BCUT2D eigenvalue weighted by Crippen LogP contribution is -2.30. The second-order valence-corrected chi connectivity index (χ2v) is 10.3. The van der Waals surface area contributed by atoms with Crippen molar-refractivity contribution in [1.82, 2.24) is 4.72 Å². The molecule has 0 spiro atoms. The number of rotatable bonds is 12. The fraction of sp³-hybridized carbons (Fsp3) is 0.333. The summed E-state index contributed by atoms with van der Waals surface area (Å²) in [5, 5.41) is 9.13. The summed E-state index contributed by atoms with van der Waals surface area (Å²) in [6.07, 6.45) is 2.35. The first-order valence-corrected chi connectivity index (χ1v) is 13.8. The first-order valence-electron chi connectivity index (χ1n) is 10.7. The van der Waals surface area contributed by atoms with E-state index in [1.165, 1.54) is 6.07 Å². The topological polar surface area (TPSA) is 105 Å². The van der Waals surface area contributed by atoms with Crippen molar-refractivity contribution >= 4 is 44.4 Å². The molecular formula is C24H29ClN2O5S2. The molecule has 34 heavy (non-hydrogen) atoms. The third kappa shape index (κ3) is 8.38. The molecule has 0 fully saturated rings. The van der Waals surface area contributed by atoms with Gasteiger partial charge in [-0.1, -0.05) is 43.3 Å². The summed E-state index contributed by atoms with van der Waals surface area (Å²) >= 11 is 6.17. The molecule has 2 N–H and O–H groups in total. The van der Waals surface area contributed by atoms with Crippen LogP contribution in [0.4, 0.5) is 0 Å². The first-order chi connectivity index (χ1) is 16.3. The predicted molar refractivity (Wildman–Crippen MR) is 139 cm³/mol. The number of ether oxygens (including phenoxy) is 1. The Morgan fingerprint density at radius 3 is 2.41 bits per heavy atom. The normalized spacial score (nSPS) is 14.8. The predicted octanol–water partition coefficient (Wildman–Crippen LogP) is 4.42. The van der Waals surface area contributed by atoms with Crippen LogP contribution in [0.1, 0.15) is 42.3 Å². The number of hydrogen-bond acceptors (Lipinski definition) is 5. The maximum atomic E-state index is 13.3. The van der Waals surface area contributed by atoms with Crippen molar-refractivity contribution in [3.05, 3.63) is 77.0 Å². The number of nitrogens with zero attached hydrogens (tertiary/aromatic N) is 1. The van der Waals surface area contributed by atoms with Gasteiger partial charge >= 0.3 is 5.97 Å². The van der Waals surface area contributed by atoms with E-state index in [1.807, 2.05) is 31.2 Å². The molecule has 0 aliphatic rings. The van der Waals surface area contributed by atoms with Gasteiger partial charge in [0.2, 0.25) is 0 Å². The number of alkyl halides is 1. The van der Waals surface area contributed by atoms with Gasteiger partial charge in [0.25, 0.3) is 0 Å². The Labute approximate surface area is 210 Å². The van der Waals surface area contributed by atoms with E-state index >= 15 is 0 Å². The maximum Gasteiger partial charge on any atom is 0.335 e. The fourth-order valence-corrected chi connectivity index (χ4v) is 5.27. The average molecular weight is 525 g/mol. The van der Waals surface area contributed by atoms with Gasteiger partial charge in [0.05, 0.1) is 33.2 Å². The average Bonchev–Trinajstić information content (AvgIpc) is 2.80. The van der Waals surface area contributed by atoms with Gasteiger partial charge in [-0.2, -0.15) is 0 Å². The molecule has 3 unspecified atom stereocenters. The van der Waals surface area contributed by atoms with E-state index in [9.17, 15) is 18.3 Å². The zero-order chi connectivity index (χ0) is 25.1. The SMILES string of the molecule is CCN=C(/C(=C\C(C)Cl)NS(=O)COc1ccccc1CC)S(=O)Cc1ccccc1C(=O)O. The van der Waals surface area contributed by atoms with Gasteiger partial charge in [-0.3, -0.25) is 13.9 Å². The molecule has 0 saturated carbocycles. The molecule has 0 amide bonds. The van der Waals surface area contributed by atoms with Crippen LogP contribution in [-0.4, -0.2) is 42.4 Å². The molecule has 0 saturated heterocycles. The molecule has 10 heteroatoms. The van der Waals surface area contributed by atoms with E-state index in [4.69, 9.17) is 16.3 Å². The number of para-hydroxylation sites is 1. The lowest BCUT2D eigenvalue weighted by Gasteiger charge is -2.16. The largest absolute Gasteiger partial charge is 0.478 e. The molecule has 2 rings (SSSR count). The monoisotopic (exact) mass is 524 g/mol. The van der Waals surface area contributed by atoms with Crippen LogP contribution in [0.5, 0.6) is 5.75 Å². The van der Waals surface area contributed by atoms with Crippen molar-refractivity contribution in [3.8, 4) is 5.75 Å². The first kappa shape index (κ1) is 27.8. The highest BCUT2D eigenvalue weighted by Crippen LogP contribution is 2.19. The third-order valence-corrected chi connectivity index (χ3v) is 6.84. The number of nitrogens with one attached hydrogen (secondary N) is 1. The minimum Gasteiger partial charge on any atom is -0.478 e. The van der Waals surface area contributed by atoms with E-state index < -0.39 is 33.1 Å². The molecule has 2 aromatic carbocycles. The van der Waals surface area contributed by atoms with Crippen LogP contribution in [0.3, 0.4) is 0 Å². The number of aryl methyl sites for hydroxylation is 1. The van der Waals surface area contributed by atoms with Crippen molar-refractivity contribution in [2.45, 2.75) is 38.3 Å². The van der Waals surface area contributed by atoms with E-state index in [0.717, 1.165) is 12.0 Å². The zero-order valence-electron chi connectivity index (χ0n) is 19.3. The summed E-state index contributed by atoms with van der Waals surface area (Å²) in [6.45, 7) is 5.83. The summed E-state index contributed by atoms with van der Waals surface area (Å²) in [5.41, 5.74) is 1.75. The van der Waals surface area contributed by atoms with Gasteiger partial charge in [-0.25, -0.2) is 9.00 Å². The van der Waals surface area contributed by atoms with Crippen molar-refractivity contribution in [3.63, 3.8) is 0 Å². The lowest BCUT2D eigenvalue weighted by atomic mass is 10.1. The van der Waals surface area contributed by atoms with E-state index in [0.29, 0.717) is 17.9 Å². The Kier molecular flexibility index (Phi) is 11.5. The van der Waals surface area contributed by atoms with Crippen LogP contribution in [0.2, 0.25) is 0 Å². The summed E-state index contributed by atoms with van der Waals surface area (Å²) in [4.78, 5) is 15.9. The highest BCUT2D eigenvalue weighted by Gasteiger charge is 2.21. The standard InChI is InChI=1S/C24H29ClN2O5S2/c1-4-18-10-7-9-13-22(18)32-16-34(31)27-21(14-17(3)25)23(26-5-2)33(30)15-19-11-6-8-12-20(19)24(28)29/h6-14,17,27H,4-5,15-16H2,1-3H3,(H,28,29)/b21-14+,26-23?. The molecule has 0 aliphatic heterocycles. The highest BCUT2D eigenvalue weighted by molar-refractivity contribution is 8.00. The van der Waals surface area contributed by atoms with Crippen LogP contribution in [0.15, 0.2) is 65.3 Å². The number of allylic oxidation sites excluding steroid dienone is 1. The Hall–Kier alpha value is -2.49. The molecule has 0 heterocycles. The van der Waals surface area contributed by atoms with Gasteiger partial charge in [0.15, 0.2) is 16.9 Å². The van der Waals surface area contributed by atoms with E-state index in [-0.39, 0.29) is 28.0 Å². The number of aliphatic imine (C=N–C) groups is 1. The minimum absolute atomic E-state index is 0.0655. The van der Waals surface area contributed by atoms with Crippen molar-refractivity contribution in [1.29, 1.82) is 0 Å². The zero-order valence-corrected chi connectivity index (χ0v) is 21.7. The van der Waals surface area contributed by atoms with Crippen LogP contribution < -0.4 is 9.46 Å². The third-order valence-electron chi connectivity index (χ3n) is 4.58. The van der Waals surface area contributed by atoms with Crippen LogP contribution in [0.25, 0.3) is 0 Å². The minimum atomic E-state index is -1.72.